The zero-order valence-corrected chi connectivity index (χ0v) is 19.1. The summed E-state index contributed by atoms with van der Waals surface area (Å²) in [5, 5.41) is 0. The zero-order chi connectivity index (χ0) is 21.4. The van der Waals surface area contributed by atoms with Gasteiger partial charge in [-0.15, -0.1) is 0 Å². The minimum Gasteiger partial charge on any atom is -0.328 e. The minimum atomic E-state index is -0.229. The molecule has 2 atom stereocenters. The molecule has 1 amide bonds. The second-order valence-corrected chi connectivity index (χ2v) is 10.3. The molecule has 3 aromatic rings. The van der Waals surface area contributed by atoms with E-state index >= 15 is 0 Å². The van der Waals surface area contributed by atoms with Gasteiger partial charge >= 0.3 is 5.69 Å². The number of carbonyl (C=O) groups is 1. The first-order valence-corrected chi connectivity index (χ1v) is 11.0. The Bertz CT molecular complexity index is 1250. The fourth-order valence-electron chi connectivity index (χ4n) is 4.75. The number of hydrogen-bond donors (Lipinski definition) is 1. The molecule has 0 saturated carbocycles. The lowest BCUT2D eigenvalue weighted by molar-refractivity contribution is 0.0645. The van der Waals surface area contributed by atoms with Gasteiger partial charge in [0.2, 0.25) is 0 Å². The summed E-state index contributed by atoms with van der Waals surface area (Å²) in [5.41, 5.74) is 3.59. The highest BCUT2D eigenvalue weighted by Crippen LogP contribution is 2.44. The molecule has 1 fully saturated rings. The van der Waals surface area contributed by atoms with Gasteiger partial charge in [0.05, 0.1) is 28.3 Å². The predicted octanol–water partition coefficient (Wildman–Crippen LogP) is 3.62. The predicted molar refractivity (Wildman–Crippen MR) is 118 cm³/mol. The third-order valence-corrected chi connectivity index (χ3v) is 6.76. The normalized spacial score (nSPS) is 20.6. The topological polar surface area (TPSA) is 83.9 Å². The van der Waals surface area contributed by atoms with Crippen LogP contribution in [0, 0.1) is 0 Å². The number of aromatic amines is 1. The van der Waals surface area contributed by atoms with Crippen LogP contribution in [0.4, 0.5) is 0 Å². The Morgan fingerprint density at radius 1 is 1.27 bits per heavy atom. The number of nitrogens with zero attached hydrogens (tertiary/aromatic N) is 4. The summed E-state index contributed by atoms with van der Waals surface area (Å²) in [6.07, 6.45) is 4.51. The van der Waals surface area contributed by atoms with Crippen LogP contribution in [-0.2, 0) is 18.9 Å². The quantitative estimate of drug-likeness (QED) is 0.589. The molecule has 4 heterocycles. The van der Waals surface area contributed by atoms with Crippen LogP contribution in [0.5, 0.6) is 0 Å². The largest absolute Gasteiger partial charge is 0.328 e. The Labute approximate surface area is 182 Å². The van der Waals surface area contributed by atoms with E-state index in [0.717, 1.165) is 40.8 Å². The highest BCUT2D eigenvalue weighted by molar-refractivity contribution is 9.10. The molecule has 2 bridgehead atoms. The van der Waals surface area contributed by atoms with Crippen molar-refractivity contribution in [3.8, 4) is 0 Å². The van der Waals surface area contributed by atoms with E-state index in [1.54, 1.807) is 13.1 Å². The summed E-state index contributed by atoms with van der Waals surface area (Å²) in [5.74, 6) is 0.789. The maximum Gasteiger partial charge on any atom is 0.326 e. The number of hydrogen-bond acceptors (Lipinski definition) is 4. The molecule has 7 nitrogen and oxygen atoms in total. The van der Waals surface area contributed by atoms with E-state index in [2.05, 4.69) is 46.7 Å². The van der Waals surface area contributed by atoms with Gasteiger partial charge in [-0.2, -0.15) is 0 Å². The van der Waals surface area contributed by atoms with E-state index in [0.29, 0.717) is 16.6 Å². The molecule has 0 aliphatic carbocycles. The van der Waals surface area contributed by atoms with E-state index in [1.807, 2.05) is 17.2 Å². The van der Waals surface area contributed by atoms with Crippen molar-refractivity contribution >= 4 is 32.9 Å². The number of imidazole rings is 1. The molecule has 30 heavy (non-hydrogen) atoms. The molecule has 1 aromatic carbocycles. The molecule has 156 valence electrons. The smallest absolute Gasteiger partial charge is 0.326 e. The minimum absolute atomic E-state index is 0.0234. The van der Waals surface area contributed by atoms with Gasteiger partial charge in [-0.1, -0.05) is 36.7 Å². The lowest BCUT2D eigenvalue weighted by Gasteiger charge is -2.36. The fourth-order valence-corrected chi connectivity index (χ4v) is 5.19. The number of rotatable bonds is 1. The maximum absolute atomic E-state index is 13.7. The molecular formula is C22H24BrN5O2. The molecular weight excluding hydrogens is 446 g/mol. The second kappa shape index (κ2) is 6.51. The number of H-pyrrole nitrogens is 1. The molecule has 8 heteroatoms. The average Bonchev–Trinajstić information content (AvgIpc) is 3.15. The van der Waals surface area contributed by atoms with Crippen molar-refractivity contribution in [2.75, 3.05) is 0 Å². The number of fused-ring (bicyclic) bond motifs is 5. The van der Waals surface area contributed by atoms with Gasteiger partial charge in [-0.25, -0.2) is 14.8 Å². The Hall–Kier alpha value is -2.48. The number of aryl methyl sites for hydroxylation is 1. The first kappa shape index (κ1) is 19.5. The van der Waals surface area contributed by atoms with Crippen LogP contribution in [0.1, 0.15) is 67.1 Å². The number of benzene rings is 1. The molecule has 2 aromatic heterocycles. The number of nitrogens with one attached hydrogen (secondary N) is 1. The van der Waals surface area contributed by atoms with Gasteiger partial charge in [0.15, 0.2) is 0 Å². The first-order valence-electron chi connectivity index (χ1n) is 10.2. The van der Waals surface area contributed by atoms with Crippen molar-refractivity contribution in [2.45, 2.75) is 57.5 Å². The SMILES string of the molecule is Cn1c(=O)[nH]c2c(C(=O)N3C4CCC3c3cnc(C(C)(C)C)nc3C4)cc(Br)cc21. The van der Waals surface area contributed by atoms with Crippen molar-refractivity contribution < 1.29 is 4.79 Å². The van der Waals surface area contributed by atoms with Crippen LogP contribution in [0.3, 0.4) is 0 Å². The lowest BCUT2D eigenvalue weighted by atomic mass is 9.93. The summed E-state index contributed by atoms with van der Waals surface area (Å²) in [6.45, 7) is 6.34. The molecule has 5 rings (SSSR count). The molecule has 1 saturated heterocycles. The van der Waals surface area contributed by atoms with Crippen molar-refractivity contribution in [1.29, 1.82) is 0 Å². The van der Waals surface area contributed by atoms with E-state index < -0.39 is 0 Å². The fraction of sp³-hybridized carbons (Fsp3) is 0.455. The average molecular weight is 470 g/mol. The maximum atomic E-state index is 13.7. The van der Waals surface area contributed by atoms with Crippen LogP contribution >= 0.6 is 15.9 Å². The summed E-state index contributed by atoms with van der Waals surface area (Å²) in [6, 6.07) is 3.74. The van der Waals surface area contributed by atoms with E-state index in [1.165, 1.54) is 4.57 Å². The summed E-state index contributed by atoms with van der Waals surface area (Å²) in [4.78, 5) is 40.2. The Morgan fingerprint density at radius 2 is 2.03 bits per heavy atom. The molecule has 0 radical (unpaired) electrons. The van der Waals surface area contributed by atoms with E-state index in [4.69, 9.17) is 4.98 Å². The second-order valence-electron chi connectivity index (χ2n) is 9.35. The first-order chi connectivity index (χ1) is 14.1. The number of carbonyl (C=O) groups excluding carboxylic acids is 1. The Morgan fingerprint density at radius 3 is 2.77 bits per heavy atom. The molecule has 2 aliphatic rings. The highest BCUT2D eigenvalue weighted by Gasteiger charge is 2.44. The van der Waals surface area contributed by atoms with E-state index in [-0.39, 0.29) is 29.1 Å². The van der Waals surface area contributed by atoms with E-state index in [9.17, 15) is 9.59 Å². The third-order valence-electron chi connectivity index (χ3n) is 6.31. The molecule has 0 spiro atoms. The van der Waals surface area contributed by atoms with Crippen molar-refractivity contribution in [2.24, 2.45) is 7.05 Å². The lowest BCUT2D eigenvalue weighted by Crippen LogP contribution is -2.42. The Kier molecular flexibility index (Phi) is 4.23. The Balaban J connectivity index is 1.59. The third kappa shape index (κ3) is 2.84. The molecule has 2 aliphatic heterocycles. The number of aromatic nitrogens is 4. The standard InChI is InChI=1S/C22H24BrN5O2/c1-22(2,3)20-24-10-14-15(25-20)9-12-5-6-16(14)28(12)19(29)13-7-11(23)8-17-18(13)26-21(30)27(17)4/h7-8,10,12,16H,5-6,9H2,1-4H3,(H,26,30). The van der Waals surface area contributed by atoms with Crippen LogP contribution in [0.2, 0.25) is 0 Å². The summed E-state index contributed by atoms with van der Waals surface area (Å²) < 4.78 is 2.30. The van der Waals surface area contributed by atoms with Crippen LogP contribution in [0.25, 0.3) is 11.0 Å². The highest BCUT2D eigenvalue weighted by atomic mass is 79.9. The van der Waals surface area contributed by atoms with Crippen molar-refractivity contribution in [3.63, 3.8) is 0 Å². The van der Waals surface area contributed by atoms with Gasteiger partial charge in [0.1, 0.15) is 5.82 Å². The van der Waals surface area contributed by atoms with Gasteiger partial charge in [0, 0.05) is 41.2 Å². The van der Waals surface area contributed by atoms with Crippen LogP contribution < -0.4 is 5.69 Å². The van der Waals surface area contributed by atoms with Gasteiger partial charge in [0.25, 0.3) is 5.91 Å². The number of halogens is 1. The van der Waals surface area contributed by atoms with Crippen molar-refractivity contribution in [1.82, 2.24) is 24.4 Å². The van der Waals surface area contributed by atoms with Gasteiger partial charge in [-0.3, -0.25) is 9.36 Å². The van der Waals surface area contributed by atoms with Crippen LogP contribution in [0.15, 0.2) is 27.6 Å². The monoisotopic (exact) mass is 469 g/mol. The van der Waals surface area contributed by atoms with Gasteiger partial charge < -0.3 is 9.88 Å². The van der Waals surface area contributed by atoms with Gasteiger partial charge in [-0.05, 0) is 25.0 Å². The zero-order valence-electron chi connectivity index (χ0n) is 17.5. The van der Waals surface area contributed by atoms with Crippen LogP contribution in [-0.4, -0.2) is 36.4 Å². The molecule has 1 N–H and O–H groups in total. The molecule has 2 unspecified atom stereocenters. The van der Waals surface area contributed by atoms with Crippen molar-refractivity contribution in [3.05, 3.63) is 55.9 Å². The number of amides is 1. The summed E-state index contributed by atoms with van der Waals surface area (Å²) >= 11 is 3.50. The summed E-state index contributed by atoms with van der Waals surface area (Å²) in [7, 11) is 1.70.